The summed E-state index contributed by atoms with van der Waals surface area (Å²) in [5.74, 6) is -1.83. The molecule has 2 aliphatic rings. The van der Waals surface area contributed by atoms with Gasteiger partial charge in [-0.2, -0.15) is 0 Å². The molecule has 5 rings (SSSR count). The molecule has 1 saturated heterocycles. The minimum absolute atomic E-state index is 0.101. The van der Waals surface area contributed by atoms with Gasteiger partial charge in [-0.25, -0.2) is 0 Å². The van der Waals surface area contributed by atoms with Crippen LogP contribution in [0.5, 0.6) is 0 Å². The molecule has 1 aliphatic heterocycles. The van der Waals surface area contributed by atoms with Crippen molar-refractivity contribution in [3.8, 4) is 0 Å². The van der Waals surface area contributed by atoms with E-state index < -0.39 is 17.9 Å². The van der Waals surface area contributed by atoms with Gasteiger partial charge in [-0.1, -0.05) is 84.9 Å². The topological polar surface area (TPSA) is 86.8 Å². The van der Waals surface area contributed by atoms with E-state index in [0.29, 0.717) is 56.6 Å². The molecule has 3 aromatic carbocycles. The summed E-state index contributed by atoms with van der Waals surface area (Å²) in [6, 6.07) is 26.1. The van der Waals surface area contributed by atoms with E-state index >= 15 is 0 Å². The van der Waals surface area contributed by atoms with E-state index in [9.17, 15) is 19.2 Å². The highest BCUT2D eigenvalue weighted by Gasteiger charge is 2.41. The number of amides is 2. The predicted molar refractivity (Wildman–Crippen MR) is 153 cm³/mol. The van der Waals surface area contributed by atoms with Crippen LogP contribution in [-0.4, -0.2) is 65.9 Å². The van der Waals surface area contributed by atoms with Crippen LogP contribution in [0.25, 0.3) is 0 Å². The molecule has 1 aliphatic carbocycles. The summed E-state index contributed by atoms with van der Waals surface area (Å²) in [5.41, 5.74) is 3.07. The van der Waals surface area contributed by atoms with E-state index in [0.717, 1.165) is 11.1 Å². The summed E-state index contributed by atoms with van der Waals surface area (Å²) in [6.07, 6.45) is 1.11. The Morgan fingerprint density at radius 3 is 1.98 bits per heavy atom. The van der Waals surface area contributed by atoms with Crippen LogP contribution >= 0.6 is 0 Å². The van der Waals surface area contributed by atoms with Crippen LogP contribution in [0.2, 0.25) is 0 Å². The molecule has 40 heavy (non-hydrogen) atoms. The maximum Gasteiger partial charge on any atom is 0.242 e. The minimum Gasteiger partial charge on any atom is -0.357 e. The molecule has 0 bridgehead atoms. The minimum atomic E-state index is -0.761. The van der Waals surface area contributed by atoms with Crippen molar-refractivity contribution in [1.82, 2.24) is 15.1 Å². The lowest BCUT2D eigenvalue weighted by Crippen LogP contribution is -2.52. The number of nitrogens with one attached hydrogen (secondary N) is 1. The molecule has 1 fully saturated rings. The Hall–Kier alpha value is -4.10. The second kappa shape index (κ2) is 12.4. The quantitative estimate of drug-likeness (QED) is 0.420. The Morgan fingerprint density at radius 1 is 0.800 bits per heavy atom. The zero-order chi connectivity index (χ0) is 28.1. The number of rotatable bonds is 9. The molecule has 1 N–H and O–H groups in total. The first-order valence-electron chi connectivity index (χ1n) is 14.0. The van der Waals surface area contributed by atoms with Crippen molar-refractivity contribution in [3.05, 3.63) is 107 Å². The number of carbonyl (C=O) groups is 4. The fourth-order valence-corrected chi connectivity index (χ4v) is 5.97. The molecule has 3 aromatic rings. The van der Waals surface area contributed by atoms with Gasteiger partial charge in [0.05, 0.1) is 11.8 Å². The molecule has 7 nitrogen and oxygen atoms in total. The van der Waals surface area contributed by atoms with Crippen LogP contribution in [0, 0.1) is 11.8 Å². The summed E-state index contributed by atoms with van der Waals surface area (Å²) in [7, 11) is 1.59. The highest BCUT2D eigenvalue weighted by Crippen LogP contribution is 2.32. The maximum absolute atomic E-state index is 14.1. The van der Waals surface area contributed by atoms with Crippen molar-refractivity contribution in [2.24, 2.45) is 11.8 Å². The molecule has 2 atom stereocenters. The predicted octanol–water partition coefficient (Wildman–Crippen LogP) is 3.78. The van der Waals surface area contributed by atoms with E-state index in [1.54, 1.807) is 36.2 Å². The largest absolute Gasteiger partial charge is 0.357 e. The smallest absolute Gasteiger partial charge is 0.242 e. The van der Waals surface area contributed by atoms with Gasteiger partial charge in [0.25, 0.3) is 0 Å². The summed E-state index contributed by atoms with van der Waals surface area (Å²) in [4.78, 5) is 57.3. The van der Waals surface area contributed by atoms with Crippen molar-refractivity contribution < 1.29 is 19.2 Å². The van der Waals surface area contributed by atoms with Gasteiger partial charge in [0.1, 0.15) is 6.04 Å². The summed E-state index contributed by atoms with van der Waals surface area (Å²) >= 11 is 0. The summed E-state index contributed by atoms with van der Waals surface area (Å²) in [6.45, 7) is 2.21. The van der Waals surface area contributed by atoms with Crippen LogP contribution in [-0.2, 0) is 22.6 Å². The van der Waals surface area contributed by atoms with Crippen molar-refractivity contribution >= 4 is 23.4 Å². The summed E-state index contributed by atoms with van der Waals surface area (Å²) < 4.78 is 0. The molecule has 0 spiro atoms. The number of fused-ring (bicyclic) bond motifs is 1. The number of nitrogens with zero attached hydrogens (tertiary/aromatic N) is 2. The van der Waals surface area contributed by atoms with E-state index in [1.165, 1.54) is 0 Å². The van der Waals surface area contributed by atoms with Crippen LogP contribution in [0.1, 0.15) is 44.7 Å². The van der Waals surface area contributed by atoms with Crippen LogP contribution < -0.4 is 5.32 Å². The lowest BCUT2D eigenvalue weighted by molar-refractivity contribution is -0.142. The molecule has 2 amide bonds. The Balaban J connectivity index is 1.39. The van der Waals surface area contributed by atoms with Gasteiger partial charge in [0.15, 0.2) is 11.6 Å². The first-order chi connectivity index (χ1) is 19.5. The number of likely N-dealkylation sites (N-methyl/N-ethyl adjacent to an activating group) is 1. The van der Waals surface area contributed by atoms with Crippen LogP contribution in [0.3, 0.4) is 0 Å². The van der Waals surface area contributed by atoms with Crippen LogP contribution in [0.4, 0.5) is 0 Å². The lowest BCUT2D eigenvalue weighted by Gasteiger charge is -2.31. The fourth-order valence-electron chi connectivity index (χ4n) is 5.97. The van der Waals surface area contributed by atoms with Gasteiger partial charge in [-0.3, -0.25) is 24.1 Å². The normalized spacial score (nSPS) is 18.9. The standard InChI is InChI=1S/C33H35N3O4/c1-34-32(39)29(20-23-10-4-2-5-11-23)36-19-18-35(21-24-12-6-3-7-13-24)22-25(33(36)40)16-17-28-30(37)26-14-8-9-15-27(26)31(28)38/h2-15,25,28-29H,16-22H2,1H3,(H,34,39)/t25-,29-/m0/s1. The third-order valence-corrected chi connectivity index (χ3v) is 8.11. The van der Waals surface area contributed by atoms with Crippen molar-refractivity contribution in [1.29, 1.82) is 0 Å². The third-order valence-electron chi connectivity index (χ3n) is 8.11. The molecule has 0 saturated carbocycles. The Kier molecular flexibility index (Phi) is 8.51. The Bertz CT molecular complexity index is 1340. The average molecular weight is 538 g/mol. The van der Waals surface area contributed by atoms with Gasteiger partial charge >= 0.3 is 0 Å². The molecule has 1 heterocycles. The van der Waals surface area contributed by atoms with Gasteiger partial charge in [0.2, 0.25) is 11.8 Å². The number of hydrogen-bond acceptors (Lipinski definition) is 5. The van der Waals surface area contributed by atoms with Gasteiger partial charge < -0.3 is 10.2 Å². The Morgan fingerprint density at radius 2 is 1.38 bits per heavy atom. The van der Waals surface area contributed by atoms with Gasteiger partial charge in [-0.15, -0.1) is 0 Å². The second-order valence-corrected chi connectivity index (χ2v) is 10.7. The Labute approximate surface area is 235 Å². The van der Waals surface area contributed by atoms with Crippen LogP contribution in [0.15, 0.2) is 84.9 Å². The number of ketones is 2. The monoisotopic (exact) mass is 537 g/mol. The number of Topliss-reactive ketones (excluding diaryl/α,β-unsaturated/α-hetero) is 2. The van der Waals surface area contributed by atoms with E-state index in [2.05, 4.69) is 22.3 Å². The third kappa shape index (κ3) is 5.89. The molecular formula is C33H35N3O4. The fraction of sp³-hybridized carbons (Fsp3) is 0.333. The van der Waals surface area contributed by atoms with Crippen molar-refractivity contribution in [2.45, 2.75) is 31.8 Å². The van der Waals surface area contributed by atoms with Crippen molar-refractivity contribution in [3.63, 3.8) is 0 Å². The highest BCUT2D eigenvalue weighted by atomic mass is 16.2. The first-order valence-corrected chi connectivity index (χ1v) is 14.0. The lowest BCUT2D eigenvalue weighted by atomic mass is 9.91. The van der Waals surface area contributed by atoms with Gasteiger partial charge in [-0.05, 0) is 24.0 Å². The first kappa shape index (κ1) is 27.5. The number of benzene rings is 3. The van der Waals surface area contributed by atoms with E-state index in [-0.39, 0.29) is 23.4 Å². The molecule has 0 aromatic heterocycles. The highest BCUT2D eigenvalue weighted by molar-refractivity contribution is 6.26. The SMILES string of the molecule is CNC(=O)[C@H](Cc1ccccc1)N1CCN(Cc2ccccc2)C[C@H](CCC2C(=O)c3ccccc3C2=O)C1=O. The molecule has 0 radical (unpaired) electrons. The average Bonchev–Trinajstić information content (AvgIpc) is 3.12. The zero-order valence-corrected chi connectivity index (χ0v) is 22.8. The molecule has 0 unspecified atom stereocenters. The zero-order valence-electron chi connectivity index (χ0n) is 22.8. The number of hydrogen-bond donors (Lipinski definition) is 1. The van der Waals surface area contributed by atoms with Gasteiger partial charge in [0, 0.05) is 50.8 Å². The number of carbonyl (C=O) groups excluding carboxylic acids is 4. The molecule has 7 heteroatoms. The molecular weight excluding hydrogens is 502 g/mol. The van der Waals surface area contributed by atoms with E-state index in [1.807, 2.05) is 48.5 Å². The van der Waals surface area contributed by atoms with E-state index in [4.69, 9.17) is 0 Å². The second-order valence-electron chi connectivity index (χ2n) is 10.7. The molecule has 206 valence electrons. The summed E-state index contributed by atoms with van der Waals surface area (Å²) in [5, 5.41) is 2.75. The maximum atomic E-state index is 14.1. The van der Waals surface area contributed by atoms with Crippen molar-refractivity contribution in [2.75, 3.05) is 26.7 Å².